The van der Waals surface area contributed by atoms with E-state index in [2.05, 4.69) is 5.32 Å². The second-order valence-corrected chi connectivity index (χ2v) is 4.81. The molecule has 0 radical (unpaired) electrons. The number of hydrogen-bond acceptors (Lipinski definition) is 2. The maximum Gasteiger partial charge on any atom is 0.389 e. The number of ether oxygens (including phenoxy) is 1. The van der Waals surface area contributed by atoms with Gasteiger partial charge >= 0.3 is 6.18 Å². The van der Waals surface area contributed by atoms with Crippen LogP contribution in [0.5, 0.6) is 5.75 Å². The predicted molar refractivity (Wildman–Crippen MR) is 71.0 cm³/mol. The molecular formula is C13H17ClF3NO. The summed E-state index contributed by atoms with van der Waals surface area (Å²) in [5.41, 5.74) is 0.769. The van der Waals surface area contributed by atoms with Crippen molar-refractivity contribution in [2.24, 2.45) is 0 Å². The highest BCUT2D eigenvalue weighted by molar-refractivity contribution is 6.32. The molecule has 0 aliphatic rings. The second kappa shape index (κ2) is 6.89. The van der Waals surface area contributed by atoms with Crippen LogP contribution in [0, 0.1) is 0 Å². The van der Waals surface area contributed by atoms with Crippen LogP contribution in [0.2, 0.25) is 5.02 Å². The molecule has 2 nitrogen and oxygen atoms in total. The first kappa shape index (κ1) is 16.0. The van der Waals surface area contributed by atoms with Gasteiger partial charge in [0.15, 0.2) is 0 Å². The summed E-state index contributed by atoms with van der Waals surface area (Å²) >= 11 is 5.96. The minimum Gasteiger partial charge on any atom is -0.495 e. The van der Waals surface area contributed by atoms with E-state index in [0.717, 1.165) is 5.69 Å². The van der Waals surface area contributed by atoms with Crippen LogP contribution in [-0.4, -0.2) is 19.3 Å². The van der Waals surface area contributed by atoms with E-state index in [0.29, 0.717) is 17.2 Å². The molecule has 0 amide bonds. The Bertz CT molecular complexity index is 409. The highest BCUT2D eigenvalue weighted by atomic mass is 35.5. The van der Waals surface area contributed by atoms with Gasteiger partial charge in [0.2, 0.25) is 0 Å². The van der Waals surface area contributed by atoms with Crippen LogP contribution < -0.4 is 10.1 Å². The largest absolute Gasteiger partial charge is 0.495 e. The van der Waals surface area contributed by atoms with E-state index in [4.69, 9.17) is 16.3 Å². The van der Waals surface area contributed by atoms with Crippen molar-refractivity contribution in [2.45, 2.75) is 38.4 Å². The van der Waals surface area contributed by atoms with Crippen molar-refractivity contribution >= 4 is 17.3 Å². The lowest BCUT2D eigenvalue weighted by atomic mass is 10.1. The Balaban J connectivity index is 2.44. The van der Waals surface area contributed by atoms with Crippen molar-refractivity contribution in [3.8, 4) is 5.75 Å². The molecule has 1 unspecified atom stereocenters. The molecule has 0 saturated heterocycles. The summed E-state index contributed by atoms with van der Waals surface area (Å²) in [6, 6.07) is 5.14. The van der Waals surface area contributed by atoms with Gasteiger partial charge in [-0.25, -0.2) is 0 Å². The monoisotopic (exact) mass is 295 g/mol. The van der Waals surface area contributed by atoms with Gasteiger partial charge in [-0.3, -0.25) is 0 Å². The molecule has 1 N–H and O–H groups in total. The van der Waals surface area contributed by atoms with Crippen LogP contribution in [0.15, 0.2) is 18.2 Å². The summed E-state index contributed by atoms with van der Waals surface area (Å²) < 4.78 is 41.1. The zero-order chi connectivity index (χ0) is 14.5. The van der Waals surface area contributed by atoms with Gasteiger partial charge in [-0.1, -0.05) is 11.6 Å². The average molecular weight is 296 g/mol. The molecule has 0 aliphatic heterocycles. The van der Waals surface area contributed by atoms with Crippen molar-refractivity contribution in [1.29, 1.82) is 0 Å². The van der Waals surface area contributed by atoms with E-state index < -0.39 is 12.6 Å². The minimum absolute atomic E-state index is 0.0492. The predicted octanol–water partition coefficient (Wildman–Crippen LogP) is 4.88. The van der Waals surface area contributed by atoms with Gasteiger partial charge in [0.25, 0.3) is 0 Å². The Morgan fingerprint density at radius 3 is 2.58 bits per heavy atom. The summed E-state index contributed by atoms with van der Waals surface area (Å²) in [7, 11) is 1.52. The number of benzene rings is 1. The lowest BCUT2D eigenvalue weighted by Gasteiger charge is -2.16. The number of nitrogens with one attached hydrogen (secondary N) is 1. The lowest BCUT2D eigenvalue weighted by molar-refractivity contribution is -0.135. The van der Waals surface area contributed by atoms with Gasteiger partial charge in [0.1, 0.15) is 5.75 Å². The van der Waals surface area contributed by atoms with Gasteiger partial charge in [0, 0.05) is 18.2 Å². The Labute approximate surface area is 115 Å². The van der Waals surface area contributed by atoms with E-state index in [1.54, 1.807) is 18.2 Å². The zero-order valence-electron chi connectivity index (χ0n) is 10.9. The Morgan fingerprint density at radius 2 is 2.05 bits per heavy atom. The molecule has 0 aromatic heterocycles. The minimum atomic E-state index is -4.08. The Kier molecular flexibility index (Phi) is 5.79. The van der Waals surface area contributed by atoms with Crippen LogP contribution in [0.4, 0.5) is 18.9 Å². The molecular weight excluding hydrogens is 279 g/mol. The van der Waals surface area contributed by atoms with E-state index in [9.17, 15) is 13.2 Å². The van der Waals surface area contributed by atoms with Crippen LogP contribution >= 0.6 is 11.6 Å². The van der Waals surface area contributed by atoms with Crippen LogP contribution in [0.25, 0.3) is 0 Å². The van der Waals surface area contributed by atoms with Crippen LogP contribution in [0.3, 0.4) is 0 Å². The van der Waals surface area contributed by atoms with E-state index in [-0.39, 0.29) is 12.5 Å². The first-order valence-corrected chi connectivity index (χ1v) is 6.36. The maximum atomic E-state index is 12.0. The Morgan fingerprint density at radius 1 is 1.37 bits per heavy atom. The molecule has 0 aliphatic carbocycles. The summed E-state index contributed by atoms with van der Waals surface area (Å²) in [5, 5.41) is 3.58. The second-order valence-electron chi connectivity index (χ2n) is 4.40. The van der Waals surface area contributed by atoms with Crippen molar-refractivity contribution in [2.75, 3.05) is 12.4 Å². The first-order valence-electron chi connectivity index (χ1n) is 5.98. The number of methoxy groups -OCH3 is 1. The molecule has 0 bridgehead atoms. The molecule has 1 atom stereocenters. The highest BCUT2D eigenvalue weighted by Crippen LogP contribution is 2.28. The Hall–Kier alpha value is -1.10. The number of hydrogen-bond donors (Lipinski definition) is 1. The fraction of sp³-hybridized carbons (Fsp3) is 0.538. The number of rotatable bonds is 6. The van der Waals surface area contributed by atoms with Crippen molar-refractivity contribution < 1.29 is 17.9 Å². The van der Waals surface area contributed by atoms with E-state index in [1.165, 1.54) is 7.11 Å². The molecule has 0 fully saturated rings. The number of halogens is 4. The summed E-state index contributed by atoms with van der Waals surface area (Å²) in [4.78, 5) is 0. The topological polar surface area (TPSA) is 21.3 Å². The fourth-order valence-corrected chi connectivity index (χ4v) is 1.98. The molecule has 0 heterocycles. The molecule has 0 spiro atoms. The summed E-state index contributed by atoms with van der Waals surface area (Å²) in [5.74, 6) is 0.567. The smallest absolute Gasteiger partial charge is 0.389 e. The van der Waals surface area contributed by atoms with Gasteiger partial charge in [0.05, 0.1) is 12.1 Å². The third-order valence-electron chi connectivity index (χ3n) is 2.66. The van der Waals surface area contributed by atoms with E-state index >= 15 is 0 Å². The fourth-order valence-electron chi connectivity index (χ4n) is 1.72. The molecule has 0 saturated carbocycles. The van der Waals surface area contributed by atoms with Gasteiger partial charge in [-0.05, 0) is 38.0 Å². The number of anilines is 1. The van der Waals surface area contributed by atoms with Crippen LogP contribution in [0.1, 0.15) is 26.2 Å². The van der Waals surface area contributed by atoms with Crippen molar-refractivity contribution in [3.05, 3.63) is 23.2 Å². The third kappa shape index (κ3) is 6.05. The lowest BCUT2D eigenvalue weighted by Crippen LogP contribution is -2.16. The quantitative estimate of drug-likeness (QED) is 0.807. The van der Waals surface area contributed by atoms with Gasteiger partial charge in [-0.2, -0.15) is 13.2 Å². The molecule has 1 aromatic carbocycles. The highest BCUT2D eigenvalue weighted by Gasteiger charge is 2.26. The molecule has 1 aromatic rings. The average Bonchev–Trinajstić information content (AvgIpc) is 2.27. The normalized spacial score (nSPS) is 13.2. The van der Waals surface area contributed by atoms with Crippen LogP contribution in [-0.2, 0) is 0 Å². The molecule has 1 rings (SSSR count). The third-order valence-corrected chi connectivity index (χ3v) is 2.96. The molecule has 19 heavy (non-hydrogen) atoms. The van der Waals surface area contributed by atoms with Gasteiger partial charge < -0.3 is 10.1 Å². The maximum absolute atomic E-state index is 12.0. The molecule has 108 valence electrons. The molecule has 6 heteroatoms. The summed E-state index contributed by atoms with van der Waals surface area (Å²) in [6.45, 7) is 1.84. The summed E-state index contributed by atoms with van der Waals surface area (Å²) in [6.07, 6.45) is -4.27. The first-order chi connectivity index (χ1) is 8.81. The van der Waals surface area contributed by atoms with Gasteiger partial charge in [-0.15, -0.1) is 0 Å². The zero-order valence-corrected chi connectivity index (χ0v) is 11.6. The number of alkyl halides is 3. The van der Waals surface area contributed by atoms with E-state index in [1.807, 2.05) is 6.92 Å². The SMILES string of the molecule is COc1ccc(NC(C)CCCC(F)(F)F)cc1Cl. The van der Waals surface area contributed by atoms with Crippen molar-refractivity contribution in [3.63, 3.8) is 0 Å². The van der Waals surface area contributed by atoms with Crippen molar-refractivity contribution in [1.82, 2.24) is 0 Å². The standard InChI is InChI=1S/C13H17ClF3NO/c1-9(4-3-7-13(15,16)17)18-10-5-6-12(19-2)11(14)8-10/h5-6,8-9,18H,3-4,7H2,1-2H3.